The van der Waals surface area contributed by atoms with Crippen LogP contribution < -0.4 is 10.5 Å². The molecule has 0 amide bonds. The fraction of sp³-hybridized carbons (Fsp3) is 0.200. The zero-order valence-electron chi connectivity index (χ0n) is 8.83. The molecule has 6 nitrogen and oxygen atoms in total. The van der Waals surface area contributed by atoms with Gasteiger partial charge >= 0.3 is 5.97 Å². The van der Waals surface area contributed by atoms with Crippen LogP contribution in [0.5, 0.6) is 0 Å². The first-order valence-corrected chi connectivity index (χ1v) is 4.78. The zero-order valence-corrected chi connectivity index (χ0v) is 8.83. The summed E-state index contributed by atoms with van der Waals surface area (Å²) in [6, 6.07) is 9.59. The minimum Gasteiger partial charge on any atom is -0.468 e. The number of hydrazine groups is 2. The number of para-hydroxylation sites is 1. The molecule has 1 N–H and O–H groups in total. The highest BCUT2D eigenvalue weighted by Crippen LogP contribution is 2.14. The van der Waals surface area contributed by atoms with E-state index in [0.29, 0.717) is 0 Å². The van der Waals surface area contributed by atoms with E-state index < -0.39 is 0 Å². The first-order valence-electron chi connectivity index (χ1n) is 4.78. The number of carbonyl (C=O) groups excluding carboxylic acids is 1. The summed E-state index contributed by atoms with van der Waals surface area (Å²) < 4.78 is 4.59. The number of hydrogen-bond donors (Lipinski definition) is 1. The van der Waals surface area contributed by atoms with Gasteiger partial charge < -0.3 is 4.74 Å². The van der Waals surface area contributed by atoms with Crippen molar-refractivity contribution in [2.75, 3.05) is 18.7 Å². The van der Waals surface area contributed by atoms with Crippen LogP contribution in [0.25, 0.3) is 0 Å². The monoisotopic (exact) mass is 220 g/mol. The highest BCUT2D eigenvalue weighted by atomic mass is 16.5. The molecular weight excluding hydrogens is 208 g/mol. The van der Waals surface area contributed by atoms with E-state index in [1.165, 1.54) is 7.11 Å². The molecule has 0 unspecified atom stereocenters. The molecule has 0 bridgehead atoms. The average Bonchev–Trinajstić information content (AvgIpc) is 2.78. The van der Waals surface area contributed by atoms with Crippen LogP contribution in [0.1, 0.15) is 0 Å². The highest BCUT2D eigenvalue weighted by molar-refractivity contribution is 5.80. The number of nitrogens with zero attached hydrogens (tertiary/aromatic N) is 3. The lowest BCUT2D eigenvalue weighted by Crippen LogP contribution is -2.46. The third kappa shape index (κ3) is 2.12. The first-order chi connectivity index (χ1) is 7.81. The molecule has 1 aromatic carbocycles. The summed E-state index contributed by atoms with van der Waals surface area (Å²) in [4.78, 5) is 11.2. The molecule has 1 aliphatic heterocycles. The molecule has 0 atom stereocenters. The summed E-state index contributed by atoms with van der Waals surface area (Å²) in [5.41, 5.74) is 3.62. The van der Waals surface area contributed by atoms with Crippen LogP contribution in [0.3, 0.4) is 0 Å². The Bertz CT molecular complexity index is 393. The van der Waals surface area contributed by atoms with Crippen molar-refractivity contribution in [1.82, 2.24) is 10.7 Å². The molecule has 1 heterocycles. The molecule has 0 fully saturated rings. The van der Waals surface area contributed by atoms with Crippen molar-refractivity contribution in [3.8, 4) is 0 Å². The minimum atomic E-state index is -0.334. The summed E-state index contributed by atoms with van der Waals surface area (Å²) in [7, 11) is 1.35. The minimum absolute atomic E-state index is 0.0887. The van der Waals surface area contributed by atoms with Crippen LogP contribution in [0.15, 0.2) is 35.4 Å². The van der Waals surface area contributed by atoms with E-state index >= 15 is 0 Å². The Morgan fingerprint density at radius 1 is 1.44 bits per heavy atom. The van der Waals surface area contributed by atoms with Crippen LogP contribution in [-0.2, 0) is 9.53 Å². The molecule has 0 spiro atoms. The SMILES string of the molecule is COC(=O)CN1NN=CN1c1ccccc1. The third-order valence-electron chi connectivity index (χ3n) is 2.13. The van der Waals surface area contributed by atoms with Crippen molar-refractivity contribution in [3.05, 3.63) is 30.3 Å². The Morgan fingerprint density at radius 2 is 2.19 bits per heavy atom. The fourth-order valence-electron chi connectivity index (χ4n) is 1.34. The number of esters is 1. The van der Waals surface area contributed by atoms with Crippen LogP contribution in [0.4, 0.5) is 5.69 Å². The molecule has 84 valence electrons. The van der Waals surface area contributed by atoms with E-state index in [1.54, 1.807) is 16.5 Å². The number of nitrogens with one attached hydrogen (secondary N) is 1. The van der Waals surface area contributed by atoms with Gasteiger partial charge in [0.15, 0.2) is 0 Å². The van der Waals surface area contributed by atoms with Crippen molar-refractivity contribution < 1.29 is 9.53 Å². The second kappa shape index (κ2) is 4.63. The second-order valence-electron chi connectivity index (χ2n) is 3.16. The van der Waals surface area contributed by atoms with Gasteiger partial charge in [-0.1, -0.05) is 18.2 Å². The van der Waals surface area contributed by atoms with Gasteiger partial charge in [-0.15, -0.1) is 5.12 Å². The fourth-order valence-corrected chi connectivity index (χ4v) is 1.34. The van der Waals surface area contributed by atoms with Gasteiger partial charge in [0, 0.05) is 0 Å². The van der Waals surface area contributed by atoms with E-state index in [2.05, 4.69) is 15.4 Å². The van der Waals surface area contributed by atoms with Crippen LogP contribution in [-0.4, -0.2) is 31.1 Å². The number of hydrazone groups is 1. The summed E-state index contributed by atoms with van der Waals surface area (Å²) >= 11 is 0. The van der Waals surface area contributed by atoms with Gasteiger partial charge in [0.2, 0.25) is 0 Å². The quantitative estimate of drug-likeness (QED) is 0.745. The Morgan fingerprint density at radius 3 is 2.88 bits per heavy atom. The number of methoxy groups -OCH3 is 1. The lowest BCUT2D eigenvalue weighted by Gasteiger charge is -2.25. The van der Waals surface area contributed by atoms with E-state index in [1.807, 2.05) is 30.3 Å². The molecule has 1 aromatic rings. The van der Waals surface area contributed by atoms with E-state index in [-0.39, 0.29) is 12.5 Å². The largest absolute Gasteiger partial charge is 0.468 e. The van der Waals surface area contributed by atoms with Gasteiger partial charge in [-0.05, 0) is 12.1 Å². The number of benzene rings is 1. The lowest BCUT2D eigenvalue weighted by atomic mass is 10.3. The van der Waals surface area contributed by atoms with Gasteiger partial charge in [-0.2, -0.15) is 5.10 Å². The molecular formula is C10H12N4O2. The maximum absolute atomic E-state index is 11.2. The third-order valence-corrected chi connectivity index (χ3v) is 2.13. The van der Waals surface area contributed by atoms with Crippen molar-refractivity contribution in [2.24, 2.45) is 5.10 Å². The maximum Gasteiger partial charge on any atom is 0.323 e. The lowest BCUT2D eigenvalue weighted by molar-refractivity contribution is -0.142. The van der Waals surface area contributed by atoms with Crippen LogP contribution in [0.2, 0.25) is 0 Å². The molecule has 6 heteroatoms. The molecule has 1 aliphatic rings. The van der Waals surface area contributed by atoms with Crippen molar-refractivity contribution in [2.45, 2.75) is 0 Å². The second-order valence-corrected chi connectivity index (χ2v) is 3.16. The Kier molecular flexibility index (Phi) is 3.02. The number of hydrogen-bond acceptors (Lipinski definition) is 6. The number of rotatable bonds is 3. The van der Waals surface area contributed by atoms with E-state index in [9.17, 15) is 4.79 Å². The number of carbonyl (C=O) groups is 1. The summed E-state index contributed by atoms with van der Waals surface area (Å²) in [5.74, 6) is -0.334. The van der Waals surface area contributed by atoms with Gasteiger partial charge in [-0.25, -0.2) is 10.5 Å². The normalized spacial score (nSPS) is 14.9. The molecule has 0 radical (unpaired) electrons. The van der Waals surface area contributed by atoms with Crippen molar-refractivity contribution >= 4 is 18.0 Å². The predicted octanol–water partition coefficient (Wildman–Crippen LogP) is 0.344. The van der Waals surface area contributed by atoms with Crippen LogP contribution >= 0.6 is 0 Å². The summed E-state index contributed by atoms with van der Waals surface area (Å²) in [6.45, 7) is 0.0887. The van der Waals surface area contributed by atoms with Gasteiger partial charge in [0.25, 0.3) is 0 Å². The van der Waals surface area contributed by atoms with Crippen LogP contribution in [0, 0.1) is 0 Å². The van der Waals surface area contributed by atoms with Crippen molar-refractivity contribution in [1.29, 1.82) is 0 Å². The topological polar surface area (TPSA) is 57.2 Å². The van der Waals surface area contributed by atoms with E-state index in [4.69, 9.17) is 0 Å². The predicted molar refractivity (Wildman–Crippen MR) is 59.3 cm³/mol. The van der Waals surface area contributed by atoms with Crippen molar-refractivity contribution in [3.63, 3.8) is 0 Å². The smallest absolute Gasteiger partial charge is 0.323 e. The summed E-state index contributed by atoms with van der Waals surface area (Å²) in [6.07, 6.45) is 1.60. The zero-order chi connectivity index (χ0) is 11.4. The standard InChI is InChI=1S/C10H12N4O2/c1-16-10(15)7-14-12-11-8-13(14)9-5-3-2-4-6-9/h2-6,8,12H,7H2,1H3. The molecule has 0 aliphatic carbocycles. The number of anilines is 1. The number of ether oxygens (including phenoxy) is 1. The Balaban J connectivity index is 2.09. The Hall–Kier alpha value is -2.08. The molecule has 16 heavy (non-hydrogen) atoms. The van der Waals surface area contributed by atoms with Gasteiger partial charge in [0.1, 0.15) is 12.9 Å². The molecule has 2 rings (SSSR count). The maximum atomic E-state index is 11.2. The molecule has 0 saturated carbocycles. The summed E-state index contributed by atoms with van der Waals surface area (Å²) in [5, 5.41) is 7.17. The highest BCUT2D eigenvalue weighted by Gasteiger charge is 2.21. The van der Waals surface area contributed by atoms with E-state index in [0.717, 1.165) is 5.69 Å². The first kappa shape index (κ1) is 10.4. The van der Waals surface area contributed by atoms with Gasteiger partial charge in [-0.3, -0.25) is 4.79 Å². The Labute approximate surface area is 93.0 Å². The molecule has 0 saturated heterocycles. The average molecular weight is 220 g/mol. The molecule has 0 aromatic heterocycles. The van der Waals surface area contributed by atoms with Gasteiger partial charge in [0.05, 0.1) is 12.8 Å².